The highest BCUT2D eigenvalue weighted by molar-refractivity contribution is 7.80. The van der Waals surface area contributed by atoms with E-state index in [0.717, 1.165) is 5.56 Å². The van der Waals surface area contributed by atoms with Crippen LogP contribution < -0.4 is 16.4 Å². The highest BCUT2D eigenvalue weighted by Crippen LogP contribution is 2.19. The molecule has 186 valence electrons. The fraction of sp³-hybridized carbons (Fsp3) is 0.500. The maximum Gasteiger partial charge on any atom is 0.326 e. The SMILES string of the molecule is NC(CCC(=O)O)C(=O)NC(CS)C(=O)NC(Cc1ccccc1)C(=O)N1CCCC1C(=O)O. The van der Waals surface area contributed by atoms with Crippen LogP contribution in [0, 0.1) is 0 Å². The van der Waals surface area contributed by atoms with Gasteiger partial charge in [-0.3, -0.25) is 19.2 Å². The van der Waals surface area contributed by atoms with Crippen molar-refractivity contribution >= 4 is 42.3 Å². The number of aliphatic carboxylic acids is 2. The molecular formula is C22H30N4O7S. The van der Waals surface area contributed by atoms with Crippen LogP contribution in [-0.2, 0) is 30.4 Å². The highest BCUT2D eigenvalue weighted by atomic mass is 32.1. The number of rotatable bonds is 12. The lowest BCUT2D eigenvalue weighted by atomic mass is 10.0. The molecule has 3 amide bonds. The van der Waals surface area contributed by atoms with Crippen molar-refractivity contribution in [3.63, 3.8) is 0 Å². The molecule has 12 heteroatoms. The maximum atomic E-state index is 13.3. The predicted octanol–water partition coefficient (Wildman–Crippen LogP) is -0.604. The molecule has 1 aromatic carbocycles. The first-order valence-corrected chi connectivity index (χ1v) is 11.5. The topological polar surface area (TPSA) is 179 Å². The number of hydrogen-bond donors (Lipinski definition) is 6. The summed E-state index contributed by atoms with van der Waals surface area (Å²) >= 11 is 4.10. The van der Waals surface area contributed by atoms with Gasteiger partial charge in [-0.15, -0.1) is 0 Å². The van der Waals surface area contributed by atoms with Crippen LogP contribution in [0.1, 0.15) is 31.2 Å². The number of benzene rings is 1. The minimum atomic E-state index is -1.13. The van der Waals surface area contributed by atoms with Crippen LogP contribution in [0.2, 0.25) is 0 Å². The van der Waals surface area contributed by atoms with E-state index in [2.05, 4.69) is 23.3 Å². The molecule has 34 heavy (non-hydrogen) atoms. The number of nitrogens with one attached hydrogen (secondary N) is 2. The molecule has 0 aromatic heterocycles. The summed E-state index contributed by atoms with van der Waals surface area (Å²) in [5.74, 6) is -4.23. The molecule has 2 rings (SSSR count). The van der Waals surface area contributed by atoms with E-state index in [-0.39, 0.29) is 31.6 Å². The molecule has 4 unspecified atom stereocenters. The molecule has 1 fully saturated rings. The van der Waals surface area contributed by atoms with Crippen molar-refractivity contribution < 1.29 is 34.2 Å². The normalized spacial score (nSPS) is 17.9. The van der Waals surface area contributed by atoms with Crippen molar-refractivity contribution in [1.29, 1.82) is 0 Å². The van der Waals surface area contributed by atoms with Gasteiger partial charge in [-0.1, -0.05) is 30.3 Å². The van der Waals surface area contributed by atoms with Crippen molar-refractivity contribution in [3.8, 4) is 0 Å². The molecular weight excluding hydrogens is 464 g/mol. The Kier molecular flexibility index (Phi) is 10.3. The van der Waals surface area contributed by atoms with E-state index in [1.807, 2.05) is 0 Å². The van der Waals surface area contributed by atoms with Gasteiger partial charge in [0.05, 0.1) is 6.04 Å². The van der Waals surface area contributed by atoms with Gasteiger partial charge in [0.1, 0.15) is 18.1 Å². The third-order valence-corrected chi connectivity index (χ3v) is 5.90. The Labute approximate surface area is 202 Å². The second kappa shape index (κ2) is 12.9. The van der Waals surface area contributed by atoms with E-state index in [9.17, 15) is 29.1 Å². The lowest BCUT2D eigenvalue weighted by Gasteiger charge is -2.29. The number of carboxylic acid groups (broad SMARTS) is 2. The summed E-state index contributed by atoms with van der Waals surface area (Å²) < 4.78 is 0. The van der Waals surface area contributed by atoms with Crippen molar-refractivity contribution in [2.45, 2.75) is 56.3 Å². The maximum absolute atomic E-state index is 13.3. The van der Waals surface area contributed by atoms with E-state index < -0.39 is 53.8 Å². The number of nitrogens with two attached hydrogens (primary N) is 1. The number of hydrogen-bond acceptors (Lipinski definition) is 7. The van der Waals surface area contributed by atoms with Crippen molar-refractivity contribution in [2.75, 3.05) is 12.3 Å². The Morgan fingerprint density at radius 2 is 1.71 bits per heavy atom. The van der Waals surface area contributed by atoms with Gasteiger partial charge in [-0.05, 0) is 24.8 Å². The number of nitrogens with zero attached hydrogens (tertiary/aromatic N) is 1. The van der Waals surface area contributed by atoms with Gasteiger partial charge in [0, 0.05) is 25.1 Å². The molecule has 6 N–H and O–H groups in total. The van der Waals surface area contributed by atoms with Crippen LogP contribution >= 0.6 is 12.6 Å². The fourth-order valence-electron chi connectivity index (χ4n) is 3.69. The number of carbonyl (C=O) groups excluding carboxylic acids is 3. The second-order valence-corrected chi connectivity index (χ2v) is 8.43. The number of carboxylic acids is 2. The van der Waals surface area contributed by atoms with Crippen LogP contribution in [0.5, 0.6) is 0 Å². The van der Waals surface area contributed by atoms with Gasteiger partial charge < -0.3 is 31.5 Å². The molecule has 11 nitrogen and oxygen atoms in total. The molecule has 1 aliphatic rings. The molecule has 1 aliphatic heterocycles. The van der Waals surface area contributed by atoms with Crippen LogP contribution in [0.3, 0.4) is 0 Å². The van der Waals surface area contributed by atoms with E-state index >= 15 is 0 Å². The van der Waals surface area contributed by atoms with E-state index in [4.69, 9.17) is 10.8 Å². The van der Waals surface area contributed by atoms with Crippen LogP contribution in [0.4, 0.5) is 0 Å². The first kappa shape index (κ1) is 27.1. The average molecular weight is 495 g/mol. The molecule has 1 aromatic rings. The number of carbonyl (C=O) groups is 5. The highest BCUT2D eigenvalue weighted by Gasteiger charge is 2.38. The largest absolute Gasteiger partial charge is 0.481 e. The lowest BCUT2D eigenvalue weighted by Crippen LogP contribution is -2.58. The molecule has 0 spiro atoms. The van der Waals surface area contributed by atoms with Crippen molar-refractivity contribution in [1.82, 2.24) is 15.5 Å². The Hall–Kier alpha value is -3.12. The minimum absolute atomic E-state index is 0.100. The lowest BCUT2D eigenvalue weighted by molar-refractivity contribution is -0.149. The summed E-state index contributed by atoms with van der Waals surface area (Å²) in [6, 6.07) is 4.65. The summed E-state index contributed by atoms with van der Waals surface area (Å²) in [5.41, 5.74) is 6.46. The van der Waals surface area contributed by atoms with Gasteiger partial charge >= 0.3 is 11.9 Å². The summed E-state index contributed by atoms with van der Waals surface area (Å²) in [6.45, 7) is 0.266. The van der Waals surface area contributed by atoms with Gasteiger partial charge in [-0.25, -0.2) is 4.79 Å². The summed E-state index contributed by atoms with van der Waals surface area (Å²) in [5, 5.41) is 23.2. The first-order chi connectivity index (χ1) is 16.1. The summed E-state index contributed by atoms with van der Waals surface area (Å²) in [4.78, 5) is 62.0. The van der Waals surface area contributed by atoms with Gasteiger partial charge in [0.15, 0.2) is 0 Å². The quantitative estimate of drug-likeness (QED) is 0.208. The summed E-state index contributed by atoms with van der Waals surface area (Å²) in [7, 11) is 0. The van der Waals surface area contributed by atoms with Crippen LogP contribution in [0.25, 0.3) is 0 Å². The fourth-order valence-corrected chi connectivity index (χ4v) is 3.95. The monoisotopic (exact) mass is 494 g/mol. The average Bonchev–Trinajstić information content (AvgIpc) is 3.30. The van der Waals surface area contributed by atoms with E-state index in [0.29, 0.717) is 12.8 Å². The summed E-state index contributed by atoms with van der Waals surface area (Å²) in [6.07, 6.45) is 0.581. The molecule has 0 saturated carbocycles. The van der Waals surface area contributed by atoms with Crippen LogP contribution in [0.15, 0.2) is 30.3 Å². The van der Waals surface area contributed by atoms with Crippen LogP contribution in [-0.4, -0.2) is 81.2 Å². The first-order valence-electron chi connectivity index (χ1n) is 10.9. The van der Waals surface area contributed by atoms with Gasteiger partial charge in [0.25, 0.3) is 0 Å². The standard InChI is InChI=1S/C22H30N4O7S/c23-14(8-9-18(27)28)19(29)25-16(12-34)20(30)24-15(11-13-5-2-1-3-6-13)21(31)26-10-4-7-17(26)22(32)33/h1-3,5-6,14-17,34H,4,7-12,23H2,(H,24,30)(H,25,29)(H,27,28)(H,32,33). The zero-order chi connectivity index (χ0) is 25.3. The minimum Gasteiger partial charge on any atom is -0.481 e. The smallest absolute Gasteiger partial charge is 0.326 e. The van der Waals surface area contributed by atoms with Gasteiger partial charge in [0.2, 0.25) is 17.7 Å². The molecule has 0 bridgehead atoms. The zero-order valence-corrected chi connectivity index (χ0v) is 19.4. The number of thiol groups is 1. The zero-order valence-electron chi connectivity index (χ0n) is 18.6. The van der Waals surface area contributed by atoms with Crippen molar-refractivity contribution in [3.05, 3.63) is 35.9 Å². The molecule has 4 atom stereocenters. The molecule has 1 saturated heterocycles. The Balaban J connectivity index is 2.14. The van der Waals surface area contributed by atoms with E-state index in [1.54, 1.807) is 30.3 Å². The number of likely N-dealkylation sites (tertiary alicyclic amines) is 1. The third kappa shape index (κ3) is 7.73. The predicted molar refractivity (Wildman–Crippen MR) is 125 cm³/mol. The van der Waals surface area contributed by atoms with Gasteiger partial charge in [-0.2, -0.15) is 12.6 Å². The van der Waals surface area contributed by atoms with E-state index in [1.165, 1.54) is 4.90 Å². The Bertz CT molecular complexity index is 898. The molecule has 1 heterocycles. The molecule has 0 radical (unpaired) electrons. The van der Waals surface area contributed by atoms with Crippen molar-refractivity contribution in [2.24, 2.45) is 5.73 Å². The Morgan fingerprint density at radius 1 is 1.06 bits per heavy atom. The number of amides is 3. The second-order valence-electron chi connectivity index (χ2n) is 8.06. The molecule has 0 aliphatic carbocycles. The third-order valence-electron chi connectivity index (χ3n) is 5.54. The Morgan fingerprint density at radius 3 is 2.29 bits per heavy atom.